The monoisotopic (exact) mass is 431 g/mol. The Bertz CT molecular complexity index is 1170. The van der Waals surface area contributed by atoms with E-state index in [4.69, 9.17) is 14.0 Å². The van der Waals surface area contributed by atoms with Gasteiger partial charge < -0.3 is 18.9 Å². The second-order valence-electron chi connectivity index (χ2n) is 6.73. The fourth-order valence-electron chi connectivity index (χ4n) is 3.26. The van der Waals surface area contributed by atoms with Crippen molar-refractivity contribution < 1.29 is 27.2 Å². The summed E-state index contributed by atoms with van der Waals surface area (Å²) in [5, 5.41) is 4.22. The van der Waals surface area contributed by atoms with Gasteiger partial charge in [0.15, 0.2) is 11.3 Å². The largest absolute Gasteiger partial charge is 0.496 e. The summed E-state index contributed by atoms with van der Waals surface area (Å²) in [6.07, 6.45) is 0. The number of hydrogen-bond donors (Lipinski definition) is 1. The van der Waals surface area contributed by atoms with Crippen LogP contribution in [0.3, 0.4) is 0 Å². The second-order valence-corrected chi connectivity index (χ2v) is 8.50. The van der Waals surface area contributed by atoms with E-state index in [0.717, 1.165) is 0 Å². The molecule has 9 nitrogen and oxygen atoms in total. The third-order valence-corrected chi connectivity index (χ3v) is 6.30. The maximum atomic E-state index is 12.8. The molecule has 0 bridgehead atoms. The number of rotatable bonds is 6. The molecule has 0 unspecified atom stereocenters. The van der Waals surface area contributed by atoms with Crippen LogP contribution in [0.25, 0.3) is 11.0 Å². The molecular weight excluding hydrogens is 410 g/mol. The van der Waals surface area contributed by atoms with Crippen LogP contribution in [0.15, 0.2) is 51.9 Å². The van der Waals surface area contributed by atoms with Gasteiger partial charge in [0.05, 0.1) is 30.6 Å². The zero-order valence-electron chi connectivity index (χ0n) is 16.3. The molecule has 0 atom stereocenters. The summed E-state index contributed by atoms with van der Waals surface area (Å²) in [5.41, 5.74) is 1.14. The minimum Gasteiger partial charge on any atom is -0.496 e. The first kappa shape index (κ1) is 20.3. The van der Waals surface area contributed by atoms with E-state index in [2.05, 4.69) is 9.88 Å². The first-order chi connectivity index (χ1) is 14.5. The number of carbonyl (C=O) groups excluding carboxylic acids is 1. The molecule has 0 radical (unpaired) electrons. The summed E-state index contributed by atoms with van der Waals surface area (Å²) < 4.78 is 44.0. The molecule has 1 aliphatic rings. The van der Waals surface area contributed by atoms with Crippen molar-refractivity contribution in [2.24, 2.45) is 0 Å². The Hall–Kier alpha value is -2.95. The van der Waals surface area contributed by atoms with Gasteiger partial charge in [0.1, 0.15) is 5.75 Å². The van der Waals surface area contributed by atoms with E-state index in [-0.39, 0.29) is 23.0 Å². The van der Waals surface area contributed by atoms with Crippen LogP contribution < -0.4 is 9.46 Å². The summed E-state index contributed by atoms with van der Waals surface area (Å²) in [7, 11) is -2.31. The summed E-state index contributed by atoms with van der Waals surface area (Å²) in [6, 6.07) is 11.5. The van der Waals surface area contributed by atoms with Gasteiger partial charge in [0, 0.05) is 25.2 Å². The molecule has 4 rings (SSSR count). The number of morpholine rings is 1. The van der Waals surface area contributed by atoms with E-state index in [1.54, 1.807) is 23.1 Å². The number of hydrogen-bond acceptors (Lipinski definition) is 7. The normalized spacial score (nSPS) is 14.8. The van der Waals surface area contributed by atoms with E-state index >= 15 is 0 Å². The van der Waals surface area contributed by atoms with Crippen molar-refractivity contribution in [3.8, 4) is 5.75 Å². The molecule has 0 aliphatic carbocycles. The quantitative estimate of drug-likeness (QED) is 0.633. The number of nitrogens with one attached hydrogen (secondary N) is 1. The molecule has 30 heavy (non-hydrogen) atoms. The van der Waals surface area contributed by atoms with Gasteiger partial charge in [-0.1, -0.05) is 23.4 Å². The smallest absolute Gasteiger partial charge is 0.276 e. The van der Waals surface area contributed by atoms with Gasteiger partial charge in [0.25, 0.3) is 5.91 Å². The predicted octanol–water partition coefficient (Wildman–Crippen LogP) is 1.79. The van der Waals surface area contributed by atoms with Crippen LogP contribution in [0.1, 0.15) is 16.1 Å². The number of sulfonamides is 1. The lowest BCUT2D eigenvalue weighted by Gasteiger charge is -2.25. The molecule has 1 aliphatic heterocycles. The highest BCUT2D eigenvalue weighted by molar-refractivity contribution is 7.89. The average molecular weight is 431 g/mol. The maximum Gasteiger partial charge on any atom is 0.276 e. The van der Waals surface area contributed by atoms with E-state index in [1.807, 2.05) is 6.07 Å². The second kappa shape index (κ2) is 8.42. The molecular formula is C20H21N3O6S. The molecule has 1 amide bonds. The Morgan fingerprint density at radius 1 is 1.20 bits per heavy atom. The number of para-hydroxylation sites is 1. The molecule has 0 spiro atoms. The lowest BCUT2D eigenvalue weighted by molar-refractivity contribution is 0.0297. The van der Waals surface area contributed by atoms with Crippen LogP contribution in [0.2, 0.25) is 0 Å². The number of amides is 1. The lowest BCUT2D eigenvalue weighted by Crippen LogP contribution is -2.40. The Morgan fingerprint density at radius 2 is 1.97 bits per heavy atom. The summed E-state index contributed by atoms with van der Waals surface area (Å²) in [4.78, 5) is 14.4. The molecule has 1 aromatic heterocycles. The highest BCUT2D eigenvalue weighted by atomic mass is 32.2. The van der Waals surface area contributed by atoms with Crippen molar-refractivity contribution >= 4 is 26.9 Å². The van der Waals surface area contributed by atoms with Crippen molar-refractivity contribution in [2.45, 2.75) is 11.4 Å². The van der Waals surface area contributed by atoms with Gasteiger partial charge in [0.2, 0.25) is 10.0 Å². The first-order valence-electron chi connectivity index (χ1n) is 9.37. The van der Waals surface area contributed by atoms with Crippen LogP contribution in [-0.4, -0.2) is 57.8 Å². The van der Waals surface area contributed by atoms with E-state index < -0.39 is 10.0 Å². The number of methoxy groups -OCH3 is 1. The molecule has 1 saturated heterocycles. The van der Waals surface area contributed by atoms with Crippen molar-refractivity contribution in [2.75, 3.05) is 33.4 Å². The summed E-state index contributed by atoms with van der Waals surface area (Å²) in [6.45, 7) is 1.87. The number of fused-ring (bicyclic) bond motifs is 1. The highest BCUT2D eigenvalue weighted by Gasteiger charge is 2.25. The van der Waals surface area contributed by atoms with Gasteiger partial charge in [-0.2, -0.15) is 0 Å². The van der Waals surface area contributed by atoms with Crippen LogP contribution in [0, 0.1) is 0 Å². The van der Waals surface area contributed by atoms with Gasteiger partial charge in [-0.25, -0.2) is 13.1 Å². The number of carbonyl (C=O) groups is 1. The van der Waals surface area contributed by atoms with Crippen molar-refractivity contribution in [3.63, 3.8) is 0 Å². The fraction of sp³-hybridized carbons (Fsp3) is 0.300. The van der Waals surface area contributed by atoms with Crippen molar-refractivity contribution in [3.05, 3.63) is 53.7 Å². The molecule has 2 aromatic carbocycles. The first-order valence-corrected chi connectivity index (χ1v) is 10.9. The van der Waals surface area contributed by atoms with Gasteiger partial charge in [-0.15, -0.1) is 0 Å². The molecule has 0 saturated carbocycles. The molecule has 1 fully saturated rings. The fourth-order valence-corrected chi connectivity index (χ4v) is 4.29. The number of aromatic nitrogens is 1. The molecule has 3 aromatic rings. The van der Waals surface area contributed by atoms with Gasteiger partial charge in [-0.3, -0.25) is 4.79 Å². The van der Waals surface area contributed by atoms with Crippen LogP contribution in [-0.2, 0) is 21.3 Å². The van der Waals surface area contributed by atoms with E-state index in [1.165, 1.54) is 25.3 Å². The summed E-state index contributed by atoms with van der Waals surface area (Å²) >= 11 is 0. The van der Waals surface area contributed by atoms with Gasteiger partial charge >= 0.3 is 0 Å². The maximum absolute atomic E-state index is 12.8. The van der Waals surface area contributed by atoms with Crippen LogP contribution >= 0.6 is 0 Å². The lowest BCUT2D eigenvalue weighted by atomic mass is 10.2. The number of benzene rings is 2. The van der Waals surface area contributed by atoms with Gasteiger partial charge in [-0.05, 0) is 24.3 Å². The minimum atomic E-state index is -3.84. The molecule has 1 N–H and O–H groups in total. The van der Waals surface area contributed by atoms with E-state index in [9.17, 15) is 13.2 Å². The third kappa shape index (κ3) is 4.02. The van der Waals surface area contributed by atoms with Crippen molar-refractivity contribution in [1.29, 1.82) is 0 Å². The zero-order valence-corrected chi connectivity index (χ0v) is 17.1. The summed E-state index contributed by atoms with van der Waals surface area (Å²) in [5.74, 6) is 0.279. The molecule has 158 valence electrons. The Labute approximate surface area is 173 Å². The van der Waals surface area contributed by atoms with E-state index in [0.29, 0.717) is 48.6 Å². The molecule has 2 heterocycles. The number of nitrogens with zero attached hydrogens (tertiary/aromatic N) is 2. The van der Waals surface area contributed by atoms with Crippen LogP contribution in [0.4, 0.5) is 0 Å². The van der Waals surface area contributed by atoms with Crippen molar-refractivity contribution in [1.82, 2.24) is 14.8 Å². The Morgan fingerprint density at radius 3 is 2.73 bits per heavy atom. The highest BCUT2D eigenvalue weighted by Crippen LogP contribution is 2.24. The SMILES string of the molecule is COc1ccccc1CNS(=O)(=O)c1ccc2onc(C(=O)N3CCOCC3)c2c1. The Balaban J connectivity index is 1.59. The standard InChI is InChI=1S/C20H21N3O6S/c1-27-17-5-3-2-4-14(17)13-21-30(25,26)15-6-7-18-16(12-15)19(22-29-18)20(24)23-8-10-28-11-9-23/h2-7,12,21H,8-11,13H2,1H3. The van der Waals surface area contributed by atoms with Crippen LogP contribution in [0.5, 0.6) is 5.75 Å². The topological polar surface area (TPSA) is 111 Å². The molecule has 10 heteroatoms. The zero-order chi connectivity index (χ0) is 21.1. The third-order valence-electron chi connectivity index (χ3n) is 4.90. The predicted molar refractivity (Wildman–Crippen MR) is 108 cm³/mol. The minimum absolute atomic E-state index is 0.0177. The average Bonchev–Trinajstić information content (AvgIpc) is 3.21. The number of ether oxygens (including phenoxy) is 2. The Kier molecular flexibility index (Phi) is 5.71.